The van der Waals surface area contributed by atoms with Crippen LogP contribution < -0.4 is 0 Å². The Balaban J connectivity index is 3.70. The average Bonchev–Trinajstić information content (AvgIpc) is 1.87. The molecular weight excluding hydrogens is 146 g/mol. The smallest absolute Gasteiger partial charge is 0.213 e. The molecule has 0 radical (unpaired) electrons. The standard InChI is InChI=1S/C7H13NO3/c1-3-7(8(10)11)5-4-6(2)9/h7H,3-5H2,1-2H3. The van der Waals surface area contributed by atoms with Crippen molar-refractivity contribution in [1.29, 1.82) is 0 Å². The zero-order valence-corrected chi connectivity index (χ0v) is 6.87. The topological polar surface area (TPSA) is 60.2 Å². The highest BCUT2D eigenvalue weighted by Gasteiger charge is 2.16. The molecule has 0 bridgehead atoms. The molecule has 1 atom stereocenters. The van der Waals surface area contributed by atoms with Crippen molar-refractivity contribution >= 4 is 5.78 Å². The van der Waals surface area contributed by atoms with Crippen LogP contribution in [-0.2, 0) is 4.79 Å². The summed E-state index contributed by atoms with van der Waals surface area (Å²) in [5.74, 6) is 0.0188. The fourth-order valence-electron chi connectivity index (χ4n) is 0.828. The summed E-state index contributed by atoms with van der Waals surface area (Å²) >= 11 is 0. The molecule has 0 aliphatic rings. The molecule has 0 aliphatic heterocycles. The van der Waals surface area contributed by atoms with Gasteiger partial charge in [-0.1, -0.05) is 6.92 Å². The van der Waals surface area contributed by atoms with E-state index < -0.39 is 6.04 Å². The number of ketones is 1. The Bertz CT molecular complexity index is 156. The lowest BCUT2D eigenvalue weighted by Crippen LogP contribution is -2.18. The first-order chi connectivity index (χ1) is 5.07. The minimum absolute atomic E-state index is 0.0188. The van der Waals surface area contributed by atoms with E-state index in [2.05, 4.69) is 0 Å². The number of carbonyl (C=O) groups excluding carboxylic acids is 1. The van der Waals surface area contributed by atoms with E-state index >= 15 is 0 Å². The molecule has 0 heterocycles. The van der Waals surface area contributed by atoms with Crippen molar-refractivity contribution in [1.82, 2.24) is 0 Å². The van der Waals surface area contributed by atoms with Gasteiger partial charge < -0.3 is 4.79 Å². The summed E-state index contributed by atoms with van der Waals surface area (Å²) < 4.78 is 0. The highest BCUT2D eigenvalue weighted by molar-refractivity contribution is 5.75. The number of nitrogens with zero attached hydrogens (tertiary/aromatic N) is 1. The molecule has 0 saturated carbocycles. The number of Topliss-reactive ketones (excluding diaryl/α,β-unsaturated/α-hetero) is 1. The highest BCUT2D eigenvalue weighted by atomic mass is 16.6. The molecule has 0 rings (SSSR count). The van der Waals surface area contributed by atoms with Gasteiger partial charge in [0.05, 0.1) is 0 Å². The molecule has 64 valence electrons. The lowest BCUT2D eigenvalue weighted by atomic mass is 10.1. The van der Waals surface area contributed by atoms with Gasteiger partial charge in [-0.25, -0.2) is 0 Å². The molecule has 0 aromatic carbocycles. The van der Waals surface area contributed by atoms with Crippen molar-refractivity contribution < 1.29 is 9.72 Å². The fraction of sp³-hybridized carbons (Fsp3) is 0.857. The lowest BCUT2D eigenvalue weighted by molar-refractivity contribution is -0.523. The molecular formula is C7H13NO3. The molecule has 0 aromatic heterocycles. The summed E-state index contributed by atoms with van der Waals surface area (Å²) in [6, 6.07) is -0.543. The molecule has 11 heavy (non-hydrogen) atoms. The van der Waals surface area contributed by atoms with Gasteiger partial charge in [0.25, 0.3) is 0 Å². The maximum Gasteiger partial charge on any atom is 0.213 e. The molecule has 1 unspecified atom stereocenters. The van der Waals surface area contributed by atoms with E-state index in [4.69, 9.17) is 0 Å². The molecule has 0 fully saturated rings. The molecule has 0 saturated heterocycles. The van der Waals surface area contributed by atoms with Crippen molar-refractivity contribution in [2.24, 2.45) is 0 Å². The number of rotatable bonds is 5. The van der Waals surface area contributed by atoms with Gasteiger partial charge in [0.15, 0.2) is 0 Å². The van der Waals surface area contributed by atoms with Gasteiger partial charge in [0, 0.05) is 24.2 Å². The summed E-state index contributed by atoms with van der Waals surface area (Å²) in [6.07, 6.45) is 1.19. The summed E-state index contributed by atoms with van der Waals surface area (Å²) in [7, 11) is 0. The van der Waals surface area contributed by atoms with E-state index in [1.807, 2.05) is 0 Å². The van der Waals surface area contributed by atoms with Gasteiger partial charge in [-0.15, -0.1) is 0 Å². The highest BCUT2D eigenvalue weighted by Crippen LogP contribution is 2.05. The molecule has 0 aromatic rings. The Kier molecular flexibility index (Phi) is 4.41. The van der Waals surface area contributed by atoms with Crippen LogP contribution in [0.2, 0.25) is 0 Å². The van der Waals surface area contributed by atoms with E-state index in [1.165, 1.54) is 6.92 Å². The van der Waals surface area contributed by atoms with Crippen LogP contribution in [0.15, 0.2) is 0 Å². The maximum absolute atomic E-state index is 10.5. The Morgan fingerprint density at radius 1 is 1.64 bits per heavy atom. The minimum Gasteiger partial charge on any atom is -0.300 e. The average molecular weight is 159 g/mol. The first kappa shape index (κ1) is 10.1. The second kappa shape index (κ2) is 4.82. The molecule has 0 amide bonds. The third kappa shape index (κ3) is 4.47. The fourth-order valence-corrected chi connectivity index (χ4v) is 0.828. The van der Waals surface area contributed by atoms with Crippen LogP contribution in [0.4, 0.5) is 0 Å². The largest absolute Gasteiger partial charge is 0.300 e. The van der Waals surface area contributed by atoms with E-state index in [-0.39, 0.29) is 10.7 Å². The van der Waals surface area contributed by atoms with E-state index in [9.17, 15) is 14.9 Å². The first-order valence-corrected chi connectivity index (χ1v) is 3.70. The quantitative estimate of drug-likeness (QED) is 0.450. The van der Waals surface area contributed by atoms with Gasteiger partial charge in [-0.05, 0) is 6.92 Å². The van der Waals surface area contributed by atoms with Gasteiger partial charge in [-0.3, -0.25) is 10.1 Å². The third-order valence-electron chi connectivity index (χ3n) is 1.60. The van der Waals surface area contributed by atoms with Crippen LogP contribution >= 0.6 is 0 Å². The number of carbonyl (C=O) groups is 1. The summed E-state index contributed by atoms with van der Waals surface area (Å²) in [5, 5.41) is 10.2. The van der Waals surface area contributed by atoms with Gasteiger partial charge >= 0.3 is 0 Å². The third-order valence-corrected chi connectivity index (χ3v) is 1.60. The van der Waals surface area contributed by atoms with Crippen molar-refractivity contribution in [3.63, 3.8) is 0 Å². The Morgan fingerprint density at radius 2 is 2.18 bits per heavy atom. The van der Waals surface area contributed by atoms with E-state index in [0.29, 0.717) is 19.3 Å². The second-order valence-corrected chi connectivity index (χ2v) is 2.59. The summed E-state index contributed by atoms with van der Waals surface area (Å²) in [5.41, 5.74) is 0. The van der Waals surface area contributed by atoms with Gasteiger partial charge in [0.1, 0.15) is 5.78 Å². The Labute approximate surface area is 65.7 Å². The molecule has 4 heteroatoms. The van der Waals surface area contributed by atoms with Crippen LogP contribution in [0.5, 0.6) is 0 Å². The zero-order valence-electron chi connectivity index (χ0n) is 6.87. The van der Waals surface area contributed by atoms with Crippen molar-refractivity contribution in [2.75, 3.05) is 0 Å². The predicted octanol–water partition coefficient (Wildman–Crippen LogP) is 1.41. The van der Waals surface area contributed by atoms with E-state index in [0.717, 1.165) is 0 Å². The number of nitro groups is 1. The summed E-state index contributed by atoms with van der Waals surface area (Å²) in [4.78, 5) is 20.4. The molecule has 0 spiro atoms. The second-order valence-electron chi connectivity index (χ2n) is 2.59. The number of hydrogen-bond donors (Lipinski definition) is 0. The monoisotopic (exact) mass is 159 g/mol. The summed E-state index contributed by atoms with van der Waals surface area (Å²) in [6.45, 7) is 3.21. The SMILES string of the molecule is CCC(CCC(C)=O)[N+](=O)[O-]. The predicted molar refractivity (Wildman–Crippen MR) is 41.0 cm³/mol. The normalized spacial score (nSPS) is 12.5. The van der Waals surface area contributed by atoms with Crippen LogP contribution in [0, 0.1) is 10.1 Å². The number of hydrogen-bond acceptors (Lipinski definition) is 3. The van der Waals surface area contributed by atoms with Crippen molar-refractivity contribution in [3.8, 4) is 0 Å². The Hall–Kier alpha value is -0.930. The van der Waals surface area contributed by atoms with Crippen molar-refractivity contribution in [2.45, 2.75) is 39.2 Å². The minimum atomic E-state index is -0.543. The van der Waals surface area contributed by atoms with Crippen LogP contribution in [0.25, 0.3) is 0 Å². The van der Waals surface area contributed by atoms with Crippen LogP contribution in [0.1, 0.15) is 33.1 Å². The molecule has 0 aliphatic carbocycles. The van der Waals surface area contributed by atoms with Crippen LogP contribution in [-0.4, -0.2) is 16.7 Å². The lowest BCUT2D eigenvalue weighted by Gasteiger charge is -2.03. The van der Waals surface area contributed by atoms with Gasteiger partial charge in [-0.2, -0.15) is 0 Å². The maximum atomic E-state index is 10.5. The van der Waals surface area contributed by atoms with Crippen LogP contribution in [0.3, 0.4) is 0 Å². The first-order valence-electron chi connectivity index (χ1n) is 3.70. The molecule has 0 N–H and O–H groups in total. The van der Waals surface area contributed by atoms with Crippen molar-refractivity contribution in [3.05, 3.63) is 10.1 Å². The Morgan fingerprint density at radius 3 is 2.45 bits per heavy atom. The van der Waals surface area contributed by atoms with E-state index in [1.54, 1.807) is 6.92 Å². The zero-order chi connectivity index (χ0) is 8.85. The molecule has 4 nitrogen and oxygen atoms in total. The van der Waals surface area contributed by atoms with Gasteiger partial charge in [0.2, 0.25) is 6.04 Å².